The van der Waals surface area contributed by atoms with Crippen molar-refractivity contribution in [2.24, 2.45) is 0 Å². The number of aromatic nitrogens is 8. The monoisotopic (exact) mass is 2410 g/mol. The fourth-order valence-electron chi connectivity index (χ4n) is 24.4. The second-order valence-corrected chi connectivity index (χ2v) is 35.2. The van der Waals surface area contributed by atoms with E-state index in [0.717, 1.165) is 62.7 Å². The molecule has 4 aliphatic heterocycles. The predicted molar refractivity (Wildman–Crippen MR) is 519 cm³/mol. The van der Waals surface area contributed by atoms with E-state index in [9.17, 15) is 0 Å². The Kier molecular flexibility index (Phi) is 21.5. The van der Waals surface area contributed by atoms with Crippen LogP contribution in [-0.2, 0) is 115 Å². The summed E-state index contributed by atoms with van der Waals surface area (Å²) < 4.78 is 9.64. The summed E-state index contributed by atoms with van der Waals surface area (Å²) >= 11 is 0. The van der Waals surface area contributed by atoms with E-state index in [-0.39, 0.29) is 91.3 Å². The molecule has 0 N–H and O–H groups in total. The van der Waals surface area contributed by atoms with Crippen LogP contribution in [0.4, 0.5) is 0 Å². The topological polar surface area (TPSA) is 69.2 Å². The summed E-state index contributed by atoms with van der Waals surface area (Å²) in [7, 11) is 0. The molecule has 4 radical (unpaired) electrons. The Balaban J connectivity index is 0.000000104. The molecule has 8 aromatic heterocycles. The van der Waals surface area contributed by atoms with Crippen molar-refractivity contribution in [3.63, 3.8) is 0 Å². The molecule has 12 heterocycles. The van der Waals surface area contributed by atoms with Crippen LogP contribution < -0.4 is 0 Å². The molecule has 0 saturated heterocycles. The fourth-order valence-corrected chi connectivity index (χ4v) is 24.4. The molecular formula is C120H82Ir4N8-4. The van der Waals surface area contributed by atoms with Gasteiger partial charge in [-0.1, -0.05) is 350 Å². The van der Waals surface area contributed by atoms with Gasteiger partial charge in [-0.15, -0.1) is 119 Å². The van der Waals surface area contributed by atoms with Crippen LogP contribution in [0.25, 0.3) is 109 Å². The molecule has 5 aliphatic rings. The first-order valence-corrected chi connectivity index (χ1v) is 44.9. The third kappa shape index (κ3) is 12.1. The summed E-state index contributed by atoms with van der Waals surface area (Å²) in [6.07, 6.45) is 15.5. The summed E-state index contributed by atoms with van der Waals surface area (Å²) in [5, 5.41) is 14.3. The first-order chi connectivity index (χ1) is 63.6. The minimum Gasteiger partial charge on any atom is -0.337 e. The molecule has 0 spiro atoms. The van der Waals surface area contributed by atoms with Crippen LogP contribution in [0.5, 0.6) is 0 Å². The third-order valence-electron chi connectivity index (χ3n) is 29.4. The second kappa shape index (κ2) is 33.7. The predicted octanol–water partition coefficient (Wildman–Crippen LogP) is 27.0. The average molecular weight is 2400 g/mol. The molecule has 12 heteroatoms. The Labute approximate surface area is 818 Å². The van der Waals surface area contributed by atoms with E-state index in [2.05, 4.69) is 431 Å². The molecule has 1 aliphatic carbocycles. The van der Waals surface area contributed by atoms with Crippen molar-refractivity contribution < 1.29 is 80.4 Å². The number of hydrogen-bond donors (Lipinski definition) is 0. The summed E-state index contributed by atoms with van der Waals surface area (Å²) in [4.78, 5) is 19.9. The van der Waals surface area contributed by atoms with E-state index in [4.69, 9.17) is 19.9 Å². The molecule has 0 bridgehead atoms. The molecule has 2 unspecified atom stereocenters. The Bertz CT molecular complexity index is 8380. The fraction of sp³-hybridized carbons (Fsp3) is 0.100. The van der Waals surface area contributed by atoms with Crippen molar-refractivity contribution >= 4 is 109 Å². The van der Waals surface area contributed by atoms with Crippen molar-refractivity contribution in [1.82, 2.24) is 37.5 Å². The molecule has 132 heavy (non-hydrogen) atoms. The zero-order chi connectivity index (χ0) is 84.2. The van der Waals surface area contributed by atoms with Gasteiger partial charge in [-0.2, -0.15) is 0 Å². The zero-order valence-corrected chi connectivity index (χ0v) is 81.1. The minimum absolute atomic E-state index is 0. The number of nitrogens with zero attached hydrogens (tertiary/aromatic N) is 8. The Morgan fingerprint density at radius 3 is 1.06 bits per heavy atom. The van der Waals surface area contributed by atoms with E-state index < -0.39 is 10.8 Å². The molecule has 8 nitrogen and oxygen atoms in total. The maximum Gasteiger partial charge on any atom is 0.0794 e. The number of rotatable bonds is 8. The molecule has 0 amide bonds. The van der Waals surface area contributed by atoms with Crippen LogP contribution >= 0.6 is 0 Å². The third-order valence-corrected chi connectivity index (χ3v) is 29.4. The number of para-hydroxylation sites is 4. The van der Waals surface area contributed by atoms with Gasteiger partial charge in [0.15, 0.2) is 0 Å². The number of fused-ring (bicyclic) bond motifs is 15. The standard InChI is InChI=1S/C41H27N2.2C29H19N2.C21H17N2.4Ir/c1-5-16-29(17-6-1)40(30-18-7-2-8-19-30)36-27-15-26-34-33-24-13-14-25-35(33)39-42-28-37(43(39)38(34)36)41(40,31-20-9-3-10-21-31)32-22-11-4-12-23-32;1-3-11-21(12-4-1)29(22-13-5-2-6-14-22)18-20-10-9-17-24-23-15-7-8-16-25(23)28-30-19-26(29)31(28)27(20)24;1-3-10-20(11-4-1)29(21-12-5-2-6-13-21)18-22-19-30-28-25-15-8-7-14-23(25)24-16-9-17-26(29)27(24)31(22)28;1-3-8-15-13(6-1)16-10-5-11-17-14-7-2-4-9-18(14)21-22-12-19(15)23(21)20(16)17;;;;/h1-24,26-28H;1-15,17,19H,18H2;1-14,16-17,19H,18H2;2,4-5,7,10-13,15H,1,3,6,8H2;;;;/q4*-1;;;;. The summed E-state index contributed by atoms with van der Waals surface area (Å²) in [6.45, 7) is 0. The maximum atomic E-state index is 5.23. The van der Waals surface area contributed by atoms with Crippen LogP contribution in [0.2, 0.25) is 0 Å². The maximum absolute atomic E-state index is 5.23. The van der Waals surface area contributed by atoms with E-state index in [0.29, 0.717) is 11.8 Å². The van der Waals surface area contributed by atoms with E-state index in [1.54, 1.807) is 0 Å². The Morgan fingerprint density at radius 2 is 0.591 bits per heavy atom. The van der Waals surface area contributed by atoms with Gasteiger partial charge in [0.25, 0.3) is 0 Å². The van der Waals surface area contributed by atoms with E-state index in [1.165, 1.54) is 175 Å². The summed E-state index contributed by atoms with van der Waals surface area (Å²) in [6, 6.07) is 154. The Morgan fingerprint density at radius 1 is 0.250 bits per heavy atom. The number of benzene rings is 16. The smallest absolute Gasteiger partial charge is 0.0794 e. The van der Waals surface area contributed by atoms with Crippen molar-refractivity contribution in [3.05, 3.63) is 527 Å². The van der Waals surface area contributed by atoms with Crippen molar-refractivity contribution in [2.75, 3.05) is 0 Å². The van der Waals surface area contributed by atoms with Gasteiger partial charge in [-0.25, -0.2) is 0 Å². The minimum atomic E-state index is -0.679. The van der Waals surface area contributed by atoms with Crippen LogP contribution in [0.1, 0.15) is 127 Å². The van der Waals surface area contributed by atoms with Gasteiger partial charge in [0.1, 0.15) is 0 Å². The van der Waals surface area contributed by atoms with Gasteiger partial charge < -0.3 is 17.6 Å². The molecular weight excluding hydrogens is 2320 g/mol. The SMILES string of the molecule is [Ir].[Ir].[Ir].[Ir].[c-]1cccc2c1c1ncc3n1c1c(cccc21)C(c1ccccc1)(c1ccccc1)C3.[c-]1cccc2c1c1ncc3n1c1c(cccc21)C(c1ccccc1)(c1ccccc1)C3(c1ccccc1)c1ccccc1.[c-]1cccc2c1c1ncc3n1c1c(cccc21)C1CCCCC31.[c-]1cccc2c1c1ncc3n1c1c(cccc21)CC3(c1ccccc1)c1ccccc1. The van der Waals surface area contributed by atoms with Gasteiger partial charge in [0.2, 0.25) is 0 Å². The second-order valence-electron chi connectivity index (χ2n) is 35.2. The van der Waals surface area contributed by atoms with Gasteiger partial charge in [-0.3, -0.25) is 19.9 Å². The van der Waals surface area contributed by atoms with Crippen molar-refractivity contribution in [2.45, 2.75) is 72.0 Å². The normalized spacial score (nSPS) is 15.7. The largest absolute Gasteiger partial charge is 0.337 e. The summed E-state index contributed by atoms with van der Waals surface area (Å²) in [5.74, 6) is 1.31. The first kappa shape index (κ1) is 84.5. The molecule has 2 atom stereocenters. The van der Waals surface area contributed by atoms with Crippen molar-refractivity contribution in [3.8, 4) is 0 Å². The molecule has 1 saturated carbocycles. The van der Waals surface area contributed by atoms with Gasteiger partial charge >= 0.3 is 0 Å². The van der Waals surface area contributed by atoms with Crippen molar-refractivity contribution in [1.29, 1.82) is 0 Å². The quantitative estimate of drug-likeness (QED) is 0.112. The average Bonchev–Trinajstić information content (AvgIpc) is 1.27. The van der Waals surface area contributed by atoms with E-state index in [1.807, 2.05) is 24.3 Å². The number of hydrogen-bond acceptors (Lipinski definition) is 4. The molecule has 1 fully saturated rings. The van der Waals surface area contributed by atoms with Crippen LogP contribution in [0, 0.1) is 24.3 Å². The Hall–Kier alpha value is -13.0. The van der Waals surface area contributed by atoms with Gasteiger partial charge in [0.05, 0.1) is 44.2 Å². The zero-order valence-electron chi connectivity index (χ0n) is 71.6. The van der Waals surface area contributed by atoms with Crippen LogP contribution in [-0.4, -0.2) is 37.5 Å². The molecule has 29 rings (SSSR count). The molecule has 16 aromatic carbocycles. The van der Waals surface area contributed by atoms with Crippen LogP contribution in [0.15, 0.2) is 413 Å². The van der Waals surface area contributed by atoms with E-state index >= 15 is 0 Å². The van der Waals surface area contributed by atoms with Gasteiger partial charge in [-0.05, 0) is 113 Å². The van der Waals surface area contributed by atoms with Crippen LogP contribution in [0.3, 0.4) is 0 Å². The number of pyridine rings is 4. The first-order valence-electron chi connectivity index (χ1n) is 44.9. The summed E-state index contributed by atoms with van der Waals surface area (Å²) in [5.41, 5.74) is 27.9. The molecule has 642 valence electrons. The van der Waals surface area contributed by atoms with Gasteiger partial charge in [0, 0.05) is 162 Å². The molecule has 24 aromatic rings. The number of imidazole rings is 4.